The van der Waals surface area contributed by atoms with E-state index in [4.69, 9.17) is 0 Å². The van der Waals surface area contributed by atoms with Crippen molar-refractivity contribution in [1.82, 2.24) is 4.98 Å². The molecule has 0 radical (unpaired) electrons. The molecule has 0 amide bonds. The highest BCUT2D eigenvalue weighted by Gasteiger charge is 2.33. The quantitative estimate of drug-likeness (QED) is 0.675. The van der Waals surface area contributed by atoms with E-state index in [1.807, 2.05) is 0 Å². The summed E-state index contributed by atoms with van der Waals surface area (Å²) in [7, 11) is 0. The molecule has 15 heavy (non-hydrogen) atoms. The standard InChI is InChI=1S/C9H8F4N2/c10-6-4-15(5-6)7-1-2-8(14-3-7)9(11,12)13/h1-3,6H,4-5H2. The minimum Gasteiger partial charge on any atom is -0.364 e. The van der Waals surface area contributed by atoms with Crippen molar-refractivity contribution in [3.63, 3.8) is 0 Å². The van der Waals surface area contributed by atoms with E-state index in [1.54, 1.807) is 4.90 Å². The van der Waals surface area contributed by atoms with E-state index in [1.165, 1.54) is 6.07 Å². The number of hydrogen-bond acceptors (Lipinski definition) is 2. The summed E-state index contributed by atoms with van der Waals surface area (Å²) in [4.78, 5) is 4.93. The minimum absolute atomic E-state index is 0.229. The van der Waals surface area contributed by atoms with Gasteiger partial charge in [-0.05, 0) is 12.1 Å². The molecule has 2 nitrogen and oxygen atoms in total. The summed E-state index contributed by atoms with van der Waals surface area (Å²) in [6.45, 7) is 0.458. The summed E-state index contributed by atoms with van der Waals surface area (Å²) in [5, 5.41) is 0. The first-order valence-electron chi connectivity index (χ1n) is 4.39. The maximum Gasteiger partial charge on any atom is 0.433 e. The Kier molecular flexibility index (Phi) is 2.28. The lowest BCUT2D eigenvalue weighted by molar-refractivity contribution is -0.141. The molecule has 1 saturated heterocycles. The number of hydrogen-bond donors (Lipinski definition) is 0. The lowest BCUT2D eigenvalue weighted by atomic mass is 10.1. The fraction of sp³-hybridized carbons (Fsp3) is 0.444. The van der Waals surface area contributed by atoms with Crippen LogP contribution in [0.15, 0.2) is 18.3 Å². The van der Waals surface area contributed by atoms with Gasteiger partial charge in [0.25, 0.3) is 0 Å². The molecular weight excluding hydrogens is 212 g/mol. The van der Waals surface area contributed by atoms with Gasteiger partial charge in [-0.15, -0.1) is 0 Å². The molecule has 1 aromatic heterocycles. The summed E-state index contributed by atoms with van der Waals surface area (Å²) in [5.74, 6) is 0. The van der Waals surface area contributed by atoms with Crippen LogP contribution in [0.4, 0.5) is 23.2 Å². The van der Waals surface area contributed by atoms with Crippen LogP contribution in [0.2, 0.25) is 0 Å². The van der Waals surface area contributed by atoms with Crippen LogP contribution in [0.3, 0.4) is 0 Å². The van der Waals surface area contributed by atoms with Gasteiger partial charge in [0.15, 0.2) is 0 Å². The molecular formula is C9H8F4N2. The van der Waals surface area contributed by atoms with Gasteiger partial charge in [-0.25, -0.2) is 9.37 Å². The monoisotopic (exact) mass is 220 g/mol. The maximum absolute atomic E-state index is 12.5. The summed E-state index contributed by atoms with van der Waals surface area (Å²) >= 11 is 0. The zero-order valence-corrected chi connectivity index (χ0v) is 7.63. The molecule has 0 spiro atoms. The third-order valence-corrected chi connectivity index (χ3v) is 2.24. The molecule has 0 atom stereocenters. The van der Waals surface area contributed by atoms with Crippen molar-refractivity contribution in [3.05, 3.63) is 24.0 Å². The van der Waals surface area contributed by atoms with Crippen molar-refractivity contribution < 1.29 is 17.6 Å². The summed E-state index contributed by atoms with van der Waals surface area (Å²) in [6.07, 6.45) is -4.18. The highest BCUT2D eigenvalue weighted by molar-refractivity contribution is 5.47. The number of pyridine rings is 1. The highest BCUT2D eigenvalue weighted by Crippen LogP contribution is 2.29. The van der Waals surface area contributed by atoms with E-state index in [0.29, 0.717) is 5.69 Å². The van der Waals surface area contributed by atoms with Crippen molar-refractivity contribution >= 4 is 5.69 Å². The second kappa shape index (κ2) is 3.36. The van der Waals surface area contributed by atoms with Crippen LogP contribution < -0.4 is 4.90 Å². The molecule has 0 aromatic carbocycles. The van der Waals surface area contributed by atoms with E-state index in [2.05, 4.69) is 4.98 Å². The average Bonchev–Trinajstić information content (AvgIpc) is 2.12. The molecule has 82 valence electrons. The van der Waals surface area contributed by atoms with Gasteiger partial charge in [0, 0.05) is 0 Å². The third-order valence-electron chi connectivity index (χ3n) is 2.24. The zero-order chi connectivity index (χ0) is 11.1. The molecule has 0 bridgehead atoms. The average molecular weight is 220 g/mol. The van der Waals surface area contributed by atoms with E-state index < -0.39 is 18.0 Å². The molecule has 1 fully saturated rings. The largest absolute Gasteiger partial charge is 0.433 e. The fourth-order valence-corrected chi connectivity index (χ4v) is 1.38. The second-order valence-electron chi connectivity index (χ2n) is 3.40. The van der Waals surface area contributed by atoms with Gasteiger partial charge >= 0.3 is 6.18 Å². The van der Waals surface area contributed by atoms with Gasteiger partial charge in [0.05, 0.1) is 25.0 Å². The van der Waals surface area contributed by atoms with Crippen molar-refractivity contribution in [2.45, 2.75) is 12.3 Å². The molecule has 6 heteroatoms. The number of halogens is 4. The Morgan fingerprint density at radius 1 is 1.27 bits per heavy atom. The lowest BCUT2D eigenvalue weighted by Gasteiger charge is -2.36. The van der Waals surface area contributed by atoms with Gasteiger partial charge in [-0.3, -0.25) is 0 Å². The Bertz CT molecular complexity index is 340. The predicted molar refractivity (Wildman–Crippen MR) is 46.3 cm³/mol. The Hall–Kier alpha value is -1.33. The maximum atomic E-state index is 12.5. The van der Waals surface area contributed by atoms with Gasteiger partial charge in [0.2, 0.25) is 0 Å². The smallest absolute Gasteiger partial charge is 0.364 e. The second-order valence-corrected chi connectivity index (χ2v) is 3.40. The summed E-state index contributed by atoms with van der Waals surface area (Å²) in [5.41, 5.74) is -0.402. The Morgan fingerprint density at radius 2 is 1.93 bits per heavy atom. The van der Waals surface area contributed by atoms with Gasteiger partial charge in [-0.2, -0.15) is 13.2 Å². The molecule has 2 rings (SSSR count). The van der Waals surface area contributed by atoms with Crippen LogP contribution in [-0.2, 0) is 6.18 Å². The number of alkyl halides is 4. The van der Waals surface area contributed by atoms with Crippen LogP contribution in [0.5, 0.6) is 0 Å². The molecule has 2 heterocycles. The number of aromatic nitrogens is 1. The number of rotatable bonds is 1. The first-order valence-corrected chi connectivity index (χ1v) is 4.39. The predicted octanol–water partition coefficient (Wildman–Crippen LogP) is 2.26. The van der Waals surface area contributed by atoms with Crippen LogP contribution in [0.25, 0.3) is 0 Å². The van der Waals surface area contributed by atoms with Crippen molar-refractivity contribution in [1.29, 1.82) is 0 Å². The van der Waals surface area contributed by atoms with E-state index >= 15 is 0 Å². The van der Waals surface area contributed by atoms with E-state index in [-0.39, 0.29) is 13.1 Å². The van der Waals surface area contributed by atoms with Crippen molar-refractivity contribution in [2.75, 3.05) is 18.0 Å². The van der Waals surface area contributed by atoms with E-state index in [9.17, 15) is 17.6 Å². The van der Waals surface area contributed by atoms with Crippen molar-refractivity contribution in [2.24, 2.45) is 0 Å². The first kappa shape index (κ1) is 10.2. The molecule has 0 unspecified atom stereocenters. The van der Waals surface area contributed by atoms with Crippen molar-refractivity contribution in [3.8, 4) is 0 Å². The topological polar surface area (TPSA) is 16.1 Å². The lowest BCUT2D eigenvalue weighted by Crippen LogP contribution is -2.48. The molecule has 1 aliphatic rings. The highest BCUT2D eigenvalue weighted by atomic mass is 19.4. The normalized spacial score (nSPS) is 17.7. The van der Waals surface area contributed by atoms with Crippen LogP contribution in [-0.4, -0.2) is 24.2 Å². The number of nitrogens with zero attached hydrogens (tertiary/aromatic N) is 2. The van der Waals surface area contributed by atoms with Crippen LogP contribution in [0, 0.1) is 0 Å². The Labute approximate surface area is 83.5 Å². The summed E-state index contributed by atoms with van der Waals surface area (Å²) < 4.78 is 48.9. The first-order chi connectivity index (χ1) is 6.97. The van der Waals surface area contributed by atoms with Gasteiger partial charge in [0.1, 0.15) is 11.9 Å². The van der Waals surface area contributed by atoms with Gasteiger partial charge in [-0.1, -0.05) is 0 Å². The van der Waals surface area contributed by atoms with Crippen LogP contribution >= 0.6 is 0 Å². The molecule has 1 aliphatic heterocycles. The Balaban J connectivity index is 2.11. The zero-order valence-electron chi connectivity index (χ0n) is 7.63. The molecule has 0 N–H and O–H groups in total. The molecule has 0 aliphatic carbocycles. The minimum atomic E-state index is -4.42. The third kappa shape index (κ3) is 2.03. The molecule has 0 saturated carbocycles. The SMILES string of the molecule is FC1CN(c2ccc(C(F)(F)F)nc2)C1. The van der Waals surface area contributed by atoms with Gasteiger partial charge < -0.3 is 4.90 Å². The fourth-order valence-electron chi connectivity index (χ4n) is 1.38. The molecule has 1 aromatic rings. The summed E-state index contributed by atoms with van der Waals surface area (Å²) in [6, 6.07) is 2.21. The van der Waals surface area contributed by atoms with E-state index in [0.717, 1.165) is 12.3 Å². The van der Waals surface area contributed by atoms with Crippen LogP contribution in [0.1, 0.15) is 5.69 Å². The number of anilines is 1. The Morgan fingerprint density at radius 3 is 2.33 bits per heavy atom.